The third kappa shape index (κ3) is 4.48. The van der Waals surface area contributed by atoms with Crippen molar-refractivity contribution in [3.05, 3.63) is 51.6 Å². The van der Waals surface area contributed by atoms with Gasteiger partial charge in [0.05, 0.1) is 9.50 Å². The summed E-state index contributed by atoms with van der Waals surface area (Å²) in [6, 6.07) is 10.1. The third-order valence-corrected chi connectivity index (χ3v) is 5.11. The molecule has 2 nitrogen and oxygen atoms in total. The van der Waals surface area contributed by atoms with Gasteiger partial charge in [-0.1, -0.05) is 36.4 Å². The lowest BCUT2D eigenvalue weighted by molar-refractivity contribution is 0.675. The number of aromatic nitrogens is 1. The van der Waals surface area contributed by atoms with E-state index in [2.05, 4.69) is 45.3 Å². The van der Waals surface area contributed by atoms with Gasteiger partial charge in [0.15, 0.2) is 0 Å². The first-order chi connectivity index (χ1) is 9.70. The van der Waals surface area contributed by atoms with Crippen LogP contribution in [-0.2, 0) is 6.54 Å². The number of rotatable bonds is 6. The minimum absolute atomic E-state index is 0.767. The van der Waals surface area contributed by atoms with Crippen molar-refractivity contribution < 1.29 is 0 Å². The lowest BCUT2D eigenvalue weighted by Gasteiger charge is -2.08. The highest BCUT2D eigenvalue weighted by Crippen LogP contribution is 2.36. The topological polar surface area (TPSA) is 24.9 Å². The summed E-state index contributed by atoms with van der Waals surface area (Å²) in [5, 5.41) is 5.06. The molecular weight excluding hydrogens is 356 g/mol. The van der Waals surface area contributed by atoms with Crippen molar-refractivity contribution in [3.63, 3.8) is 0 Å². The zero-order valence-corrected chi connectivity index (χ0v) is 14.4. The number of nitrogens with zero attached hydrogens (tertiary/aromatic N) is 1. The van der Waals surface area contributed by atoms with Gasteiger partial charge in [-0.05, 0) is 58.7 Å². The van der Waals surface area contributed by atoms with Gasteiger partial charge in [-0.3, -0.25) is 0 Å². The van der Waals surface area contributed by atoms with E-state index in [1.165, 1.54) is 5.56 Å². The zero-order chi connectivity index (χ0) is 14.4. The van der Waals surface area contributed by atoms with Crippen LogP contribution >= 0.6 is 39.3 Å². The van der Waals surface area contributed by atoms with Gasteiger partial charge >= 0.3 is 0 Å². The minimum atomic E-state index is 0.767. The summed E-state index contributed by atoms with van der Waals surface area (Å²) >= 11 is 11.4. The second-order valence-corrected chi connectivity index (χ2v) is 6.63. The van der Waals surface area contributed by atoms with Gasteiger partial charge in [0.2, 0.25) is 0 Å². The molecule has 0 atom stereocenters. The maximum absolute atomic E-state index is 6.35. The van der Waals surface area contributed by atoms with Crippen LogP contribution in [0.2, 0.25) is 5.02 Å². The molecule has 20 heavy (non-hydrogen) atoms. The van der Waals surface area contributed by atoms with E-state index >= 15 is 0 Å². The lowest BCUT2D eigenvalue weighted by Crippen LogP contribution is -2.13. The fourth-order valence-electron chi connectivity index (χ4n) is 1.70. The third-order valence-electron chi connectivity index (χ3n) is 2.68. The van der Waals surface area contributed by atoms with Crippen molar-refractivity contribution in [1.29, 1.82) is 0 Å². The van der Waals surface area contributed by atoms with Crippen LogP contribution in [0.5, 0.6) is 0 Å². The van der Waals surface area contributed by atoms with Gasteiger partial charge in [0.1, 0.15) is 5.03 Å². The Labute approximate surface area is 137 Å². The molecule has 1 N–H and O–H groups in total. The highest BCUT2D eigenvalue weighted by molar-refractivity contribution is 9.10. The fraction of sp³-hybridized carbons (Fsp3) is 0.267. The molecule has 0 saturated heterocycles. The highest BCUT2D eigenvalue weighted by atomic mass is 79.9. The summed E-state index contributed by atoms with van der Waals surface area (Å²) in [4.78, 5) is 5.36. The molecule has 0 unspecified atom stereocenters. The lowest BCUT2D eigenvalue weighted by atomic mass is 10.2. The molecule has 0 aliphatic carbocycles. The van der Waals surface area contributed by atoms with Gasteiger partial charge in [0.25, 0.3) is 0 Å². The molecule has 5 heteroatoms. The number of benzene rings is 1. The number of halogens is 2. The second-order valence-electron chi connectivity index (χ2n) is 4.33. The average molecular weight is 372 g/mol. The molecule has 0 fully saturated rings. The number of hydrogen-bond donors (Lipinski definition) is 1. The molecule has 1 heterocycles. The summed E-state index contributed by atoms with van der Waals surface area (Å²) in [5.74, 6) is 0. The molecular formula is C15H16BrClN2S. The van der Waals surface area contributed by atoms with E-state index in [1.807, 2.05) is 18.2 Å². The van der Waals surface area contributed by atoms with Crippen LogP contribution in [0.4, 0.5) is 0 Å². The Bertz CT molecular complexity index is 578. The molecule has 2 rings (SSSR count). The Hall–Kier alpha value is -0.550. The molecule has 0 amide bonds. The standard InChI is InChI=1S/C15H16BrClN2S/c1-2-7-18-10-11-5-6-14(13(17)9-11)20-15-12(16)4-3-8-19-15/h3-6,8-9,18H,2,7,10H2,1H3. The molecule has 1 aromatic heterocycles. The predicted molar refractivity (Wildman–Crippen MR) is 89.5 cm³/mol. The molecule has 0 radical (unpaired) electrons. The van der Waals surface area contributed by atoms with E-state index in [9.17, 15) is 0 Å². The molecule has 0 saturated carbocycles. The molecule has 0 aliphatic heterocycles. The first kappa shape index (κ1) is 15.8. The summed E-state index contributed by atoms with van der Waals surface area (Å²) in [6.45, 7) is 4.03. The smallest absolute Gasteiger partial charge is 0.115 e. The average Bonchev–Trinajstić information content (AvgIpc) is 2.44. The maximum atomic E-state index is 6.35. The molecule has 1 aromatic carbocycles. The normalized spacial score (nSPS) is 10.8. The molecule has 0 spiro atoms. The van der Waals surface area contributed by atoms with E-state index in [0.717, 1.165) is 38.9 Å². The van der Waals surface area contributed by atoms with E-state index < -0.39 is 0 Å². The SMILES string of the molecule is CCCNCc1ccc(Sc2ncccc2Br)c(Cl)c1. The summed E-state index contributed by atoms with van der Waals surface area (Å²) in [6.07, 6.45) is 2.92. The Kier molecular flexibility index (Phi) is 6.36. The van der Waals surface area contributed by atoms with E-state index in [-0.39, 0.29) is 0 Å². The van der Waals surface area contributed by atoms with Crippen LogP contribution in [0, 0.1) is 0 Å². The van der Waals surface area contributed by atoms with Crippen LogP contribution in [0.1, 0.15) is 18.9 Å². The van der Waals surface area contributed by atoms with Crippen molar-refractivity contribution in [3.8, 4) is 0 Å². The predicted octanol–water partition coefficient (Wildman–Crippen LogP) is 5.15. The van der Waals surface area contributed by atoms with Crippen LogP contribution in [-0.4, -0.2) is 11.5 Å². The first-order valence-corrected chi connectivity index (χ1v) is 8.47. The first-order valence-electron chi connectivity index (χ1n) is 6.48. The van der Waals surface area contributed by atoms with Crippen molar-refractivity contribution in [2.75, 3.05) is 6.54 Å². The van der Waals surface area contributed by atoms with Crippen molar-refractivity contribution in [2.24, 2.45) is 0 Å². The van der Waals surface area contributed by atoms with Gasteiger partial charge in [-0.25, -0.2) is 4.98 Å². The van der Waals surface area contributed by atoms with Crippen LogP contribution in [0.25, 0.3) is 0 Å². The highest BCUT2D eigenvalue weighted by Gasteiger charge is 2.07. The Morgan fingerprint density at radius 3 is 2.90 bits per heavy atom. The summed E-state index contributed by atoms with van der Waals surface area (Å²) in [5.41, 5.74) is 1.20. The Morgan fingerprint density at radius 2 is 2.20 bits per heavy atom. The molecule has 0 bridgehead atoms. The van der Waals surface area contributed by atoms with E-state index in [1.54, 1.807) is 18.0 Å². The van der Waals surface area contributed by atoms with Crippen molar-refractivity contribution >= 4 is 39.3 Å². The summed E-state index contributed by atoms with van der Waals surface area (Å²) in [7, 11) is 0. The minimum Gasteiger partial charge on any atom is -0.313 e. The molecule has 2 aromatic rings. The summed E-state index contributed by atoms with van der Waals surface area (Å²) < 4.78 is 0.981. The van der Waals surface area contributed by atoms with Crippen molar-refractivity contribution in [2.45, 2.75) is 29.8 Å². The second kappa shape index (κ2) is 8.03. The van der Waals surface area contributed by atoms with E-state index in [0.29, 0.717) is 0 Å². The van der Waals surface area contributed by atoms with Crippen LogP contribution in [0.3, 0.4) is 0 Å². The van der Waals surface area contributed by atoms with Gasteiger partial charge in [-0.15, -0.1) is 0 Å². The Morgan fingerprint density at radius 1 is 1.35 bits per heavy atom. The Balaban J connectivity index is 2.08. The quantitative estimate of drug-likeness (QED) is 0.711. The largest absolute Gasteiger partial charge is 0.313 e. The van der Waals surface area contributed by atoms with Crippen LogP contribution < -0.4 is 5.32 Å². The van der Waals surface area contributed by atoms with Crippen molar-refractivity contribution in [1.82, 2.24) is 10.3 Å². The van der Waals surface area contributed by atoms with Crippen LogP contribution in [0.15, 0.2) is 50.9 Å². The molecule has 106 valence electrons. The van der Waals surface area contributed by atoms with Gasteiger partial charge < -0.3 is 5.32 Å². The van der Waals surface area contributed by atoms with Gasteiger partial charge in [0, 0.05) is 17.6 Å². The number of nitrogens with one attached hydrogen (secondary N) is 1. The number of hydrogen-bond acceptors (Lipinski definition) is 3. The monoisotopic (exact) mass is 370 g/mol. The maximum Gasteiger partial charge on any atom is 0.115 e. The van der Waals surface area contributed by atoms with Gasteiger partial charge in [-0.2, -0.15) is 0 Å². The zero-order valence-electron chi connectivity index (χ0n) is 11.2. The fourth-order valence-corrected chi connectivity index (χ4v) is 3.29. The molecule has 0 aliphatic rings. The van der Waals surface area contributed by atoms with E-state index in [4.69, 9.17) is 11.6 Å². The number of pyridine rings is 1.